The van der Waals surface area contributed by atoms with Crippen LogP contribution < -0.4 is 0 Å². The fourth-order valence-corrected chi connectivity index (χ4v) is 3.12. The first kappa shape index (κ1) is 11.7. The lowest BCUT2D eigenvalue weighted by Gasteiger charge is -2.27. The quantitative estimate of drug-likeness (QED) is 0.627. The van der Waals surface area contributed by atoms with E-state index in [-0.39, 0.29) is 0 Å². The average Bonchev–Trinajstić information content (AvgIpc) is 2.98. The molecule has 88 valence electrons. The summed E-state index contributed by atoms with van der Waals surface area (Å²) < 4.78 is 5.64. The lowest BCUT2D eigenvalue weighted by molar-refractivity contribution is 0.0979. The number of hydrogen-bond donors (Lipinski definition) is 0. The standard InChI is InChI=1S/C13H23ClO/c1-13(10-14,11-6-7-11)8-2-4-12-5-3-9-15-12/h11-12H,2-10H2,1H3. The zero-order valence-electron chi connectivity index (χ0n) is 9.80. The molecule has 2 atom stereocenters. The summed E-state index contributed by atoms with van der Waals surface area (Å²) in [5, 5.41) is 0. The van der Waals surface area contributed by atoms with Crippen molar-refractivity contribution in [1.29, 1.82) is 0 Å². The van der Waals surface area contributed by atoms with E-state index in [0.717, 1.165) is 18.4 Å². The lowest BCUT2D eigenvalue weighted by atomic mass is 9.81. The van der Waals surface area contributed by atoms with Crippen LogP contribution >= 0.6 is 11.6 Å². The topological polar surface area (TPSA) is 9.23 Å². The van der Waals surface area contributed by atoms with Gasteiger partial charge in [0.15, 0.2) is 0 Å². The van der Waals surface area contributed by atoms with Crippen LogP contribution in [0.5, 0.6) is 0 Å². The van der Waals surface area contributed by atoms with Gasteiger partial charge in [-0.2, -0.15) is 0 Å². The molecule has 1 saturated heterocycles. The Kier molecular flexibility index (Phi) is 3.95. The molecule has 0 radical (unpaired) electrons. The second-order valence-electron chi connectivity index (χ2n) is 5.59. The monoisotopic (exact) mass is 230 g/mol. The molecule has 0 spiro atoms. The Morgan fingerprint density at radius 2 is 2.13 bits per heavy atom. The van der Waals surface area contributed by atoms with Crippen molar-refractivity contribution >= 4 is 11.6 Å². The maximum absolute atomic E-state index is 6.11. The molecular formula is C13H23ClO. The van der Waals surface area contributed by atoms with Gasteiger partial charge >= 0.3 is 0 Å². The Bertz CT molecular complexity index is 197. The molecule has 15 heavy (non-hydrogen) atoms. The molecule has 0 aromatic carbocycles. The summed E-state index contributed by atoms with van der Waals surface area (Å²) in [7, 11) is 0. The van der Waals surface area contributed by atoms with Crippen molar-refractivity contribution in [2.75, 3.05) is 12.5 Å². The summed E-state index contributed by atoms with van der Waals surface area (Å²) in [5.41, 5.74) is 0.417. The van der Waals surface area contributed by atoms with E-state index < -0.39 is 0 Å². The molecule has 1 saturated carbocycles. The Labute approximate surface area is 98.5 Å². The fraction of sp³-hybridized carbons (Fsp3) is 1.00. The van der Waals surface area contributed by atoms with Crippen LogP contribution in [0.4, 0.5) is 0 Å². The predicted molar refractivity (Wildman–Crippen MR) is 64.4 cm³/mol. The fourth-order valence-electron chi connectivity index (χ4n) is 2.77. The van der Waals surface area contributed by atoms with E-state index in [1.807, 2.05) is 0 Å². The predicted octanol–water partition coefficient (Wildman–Crippen LogP) is 3.99. The van der Waals surface area contributed by atoms with Gasteiger partial charge in [0.05, 0.1) is 6.10 Å². The minimum Gasteiger partial charge on any atom is -0.378 e. The third kappa shape index (κ3) is 3.10. The Balaban J connectivity index is 1.66. The van der Waals surface area contributed by atoms with Gasteiger partial charge in [-0.3, -0.25) is 0 Å². The average molecular weight is 231 g/mol. The maximum atomic E-state index is 6.11. The molecule has 2 unspecified atom stereocenters. The molecule has 2 aliphatic rings. The summed E-state index contributed by atoms with van der Waals surface area (Å²) in [5.74, 6) is 1.75. The highest BCUT2D eigenvalue weighted by molar-refractivity contribution is 6.18. The largest absolute Gasteiger partial charge is 0.378 e. The van der Waals surface area contributed by atoms with Gasteiger partial charge in [-0.1, -0.05) is 13.3 Å². The highest BCUT2D eigenvalue weighted by atomic mass is 35.5. The van der Waals surface area contributed by atoms with Crippen LogP contribution in [-0.4, -0.2) is 18.6 Å². The van der Waals surface area contributed by atoms with Crippen molar-refractivity contribution < 1.29 is 4.74 Å². The van der Waals surface area contributed by atoms with Crippen LogP contribution in [0.1, 0.15) is 51.9 Å². The number of alkyl halides is 1. The van der Waals surface area contributed by atoms with Gasteiger partial charge in [-0.25, -0.2) is 0 Å². The van der Waals surface area contributed by atoms with Crippen molar-refractivity contribution in [1.82, 2.24) is 0 Å². The third-order valence-corrected chi connectivity index (χ3v) is 4.78. The van der Waals surface area contributed by atoms with Crippen molar-refractivity contribution in [2.45, 2.75) is 58.0 Å². The highest BCUT2D eigenvalue weighted by Gasteiger charge is 2.40. The van der Waals surface area contributed by atoms with Gasteiger partial charge in [0, 0.05) is 12.5 Å². The van der Waals surface area contributed by atoms with E-state index in [4.69, 9.17) is 16.3 Å². The molecule has 2 rings (SSSR count). The van der Waals surface area contributed by atoms with Crippen LogP contribution in [0.2, 0.25) is 0 Å². The van der Waals surface area contributed by atoms with Gasteiger partial charge < -0.3 is 4.74 Å². The number of halogens is 1. The van der Waals surface area contributed by atoms with Gasteiger partial charge in [-0.05, 0) is 49.9 Å². The van der Waals surface area contributed by atoms with Gasteiger partial charge in [0.2, 0.25) is 0 Å². The van der Waals surface area contributed by atoms with Crippen LogP contribution in [0.3, 0.4) is 0 Å². The maximum Gasteiger partial charge on any atom is 0.0576 e. The van der Waals surface area contributed by atoms with E-state index in [0.29, 0.717) is 11.5 Å². The second-order valence-corrected chi connectivity index (χ2v) is 5.86. The van der Waals surface area contributed by atoms with Gasteiger partial charge in [0.1, 0.15) is 0 Å². The van der Waals surface area contributed by atoms with Gasteiger partial charge in [0.25, 0.3) is 0 Å². The zero-order valence-corrected chi connectivity index (χ0v) is 10.6. The summed E-state index contributed by atoms with van der Waals surface area (Å²) in [6, 6.07) is 0. The van der Waals surface area contributed by atoms with Crippen LogP contribution in [0.15, 0.2) is 0 Å². The normalized spacial score (nSPS) is 30.4. The minimum atomic E-state index is 0.417. The minimum absolute atomic E-state index is 0.417. The first-order valence-corrected chi connectivity index (χ1v) is 6.95. The Morgan fingerprint density at radius 1 is 1.33 bits per heavy atom. The Hall–Kier alpha value is 0.250. The first-order valence-electron chi connectivity index (χ1n) is 6.42. The molecule has 1 nitrogen and oxygen atoms in total. The summed E-state index contributed by atoms with van der Waals surface area (Å²) in [4.78, 5) is 0. The third-order valence-electron chi connectivity index (χ3n) is 4.17. The molecule has 1 heterocycles. The summed E-state index contributed by atoms with van der Waals surface area (Å²) in [6.45, 7) is 3.35. The molecule has 0 N–H and O–H groups in total. The van der Waals surface area contributed by atoms with Crippen molar-refractivity contribution in [3.63, 3.8) is 0 Å². The molecule has 2 fully saturated rings. The van der Waals surface area contributed by atoms with E-state index in [1.54, 1.807) is 0 Å². The van der Waals surface area contributed by atoms with E-state index in [1.165, 1.54) is 44.9 Å². The van der Waals surface area contributed by atoms with Crippen molar-refractivity contribution in [3.8, 4) is 0 Å². The second kappa shape index (κ2) is 5.05. The zero-order chi connectivity index (χ0) is 10.7. The van der Waals surface area contributed by atoms with Crippen LogP contribution in [0, 0.1) is 11.3 Å². The first-order chi connectivity index (χ1) is 7.24. The van der Waals surface area contributed by atoms with Crippen LogP contribution in [-0.2, 0) is 4.74 Å². The van der Waals surface area contributed by atoms with E-state index >= 15 is 0 Å². The molecule has 2 heteroatoms. The highest BCUT2D eigenvalue weighted by Crippen LogP contribution is 2.49. The SMILES string of the molecule is CC(CCl)(CCCC1CCCO1)C1CC1. The van der Waals surface area contributed by atoms with Crippen molar-refractivity contribution in [2.24, 2.45) is 11.3 Å². The van der Waals surface area contributed by atoms with Crippen LogP contribution in [0.25, 0.3) is 0 Å². The Morgan fingerprint density at radius 3 is 2.67 bits per heavy atom. The van der Waals surface area contributed by atoms with Gasteiger partial charge in [-0.15, -0.1) is 11.6 Å². The van der Waals surface area contributed by atoms with E-state index in [9.17, 15) is 0 Å². The molecule has 1 aliphatic carbocycles. The summed E-state index contributed by atoms with van der Waals surface area (Å²) >= 11 is 6.11. The molecule has 0 aromatic rings. The lowest BCUT2D eigenvalue weighted by Crippen LogP contribution is -2.21. The number of ether oxygens (including phenoxy) is 1. The molecule has 0 bridgehead atoms. The van der Waals surface area contributed by atoms with E-state index in [2.05, 4.69) is 6.92 Å². The smallest absolute Gasteiger partial charge is 0.0576 e. The number of hydrogen-bond acceptors (Lipinski definition) is 1. The molecule has 1 aliphatic heterocycles. The molecule has 0 aromatic heterocycles. The summed E-state index contributed by atoms with van der Waals surface area (Å²) in [6.07, 6.45) is 9.75. The molecular weight excluding hydrogens is 208 g/mol. The molecule has 0 amide bonds. The van der Waals surface area contributed by atoms with Crippen molar-refractivity contribution in [3.05, 3.63) is 0 Å². The number of rotatable bonds is 6.